The zero-order valence-corrected chi connectivity index (χ0v) is 12.8. The molecule has 2 aromatic heterocycles. The number of nitrogens with zero attached hydrogens (tertiary/aromatic N) is 2. The van der Waals surface area contributed by atoms with E-state index in [1.807, 2.05) is 6.92 Å². The van der Waals surface area contributed by atoms with E-state index in [-0.39, 0.29) is 11.5 Å². The van der Waals surface area contributed by atoms with Crippen LogP contribution in [-0.4, -0.2) is 22.0 Å². The third-order valence-electron chi connectivity index (χ3n) is 3.28. The molecule has 1 amide bonds. The van der Waals surface area contributed by atoms with Gasteiger partial charge in [-0.05, 0) is 18.9 Å². The number of amides is 1. The predicted molar refractivity (Wildman–Crippen MR) is 81.5 cm³/mol. The molecule has 0 saturated carbocycles. The number of carbonyl (C=O) groups is 1. The third-order valence-corrected chi connectivity index (χ3v) is 4.48. The van der Waals surface area contributed by atoms with Gasteiger partial charge in [-0.15, -0.1) is 11.3 Å². The second-order valence-corrected chi connectivity index (χ2v) is 5.86. The van der Waals surface area contributed by atoms with Crippen molar-refractivity contribution in [3.63, 3.8) is 0 Å². The molecule has 0 aliphatic heterocycles. The minimum Gasteiger partial charge on any atom is -0.351 e. The Hall–Kier alpha value is -1.69. The van der Waals surface area contributed by atoms with E-state index in [4.69, 9.17) is 0 Å². The number of thiophene rings is 1. The summed E-state index contributed by atoms with van der Waals surface area (Å²) < 4.78 is 1.44. The molecule has 0 aliphatic rings. The molecule has 2 heterocycles. The van der Waals surface area contributed by atoms with E-state index in [0.717, 1.165) is 24.8 Å². The van der Waals surface area contributed by atoms with E-state index in [1.165, 1.54) is 22.2 Å². The molecule has 0 bridgehead atoms. The Morgan fingerprint density at radius 3 is 2.90 bits per heavy atom. The number of rotatable bonds is 5. The molecule has 0 atom stereocenters. The zero-order valence-electron chi connectivity index (χ0n) is 12.0. The Morgan fingerprint density at radius 1 is 1.45 bits per heavy atom. The first-order chi connectivity index (χ1) is 9.56. The summed E-state index contributed by atoms with van der Waals surface area (Å²) >= 11 is 1.28. The number of hydrogen-bond donors (Lipinski definition) is 1. The standard InChI is InChI=1S/C14H19N3O2S/c1-4-5-6-7-15-12(18)11-9(2)10-13(20-11)16-8-17(3)14(10)19/h8H,4-7H2,1-3H3,(H,15,18). The normalized spacial score (nSPS) is 10.9. The van der Waals surface area contributed by atoms with E-state index in [9.17, 15) is 9.59 Å². The van der Waals surface area contributed by atoms with Crippen molar-refractivity contribution in [3.8, 4) is 0 Å². The van der Waals surface area contributed by atoms with Crippen molar-refractivity contribution in [2.24, 2.45) is 7.05 Å². The second kappa shape index (κ2) is 6.17. The van der Waals surface area contributed by atoms with Crippen LogP contribution in [0.5, 0.6) is 0 Å². The molecule has 20 heavy (non-hydrogen) atoms. The lowest BCUT2D eigenvalue weighted by molar-refractivity contribution is 0.0956. The largest absolute Gasteiger partial charge is 0.351 e. The summed E-state index contributed by atoms with van der Waals surface area (Å²) in [6.45, 7) is 4.61. The van der Waals surface area contributed by atoms with Gasteiger partial charge in [0.05, 0.1) is 16.6 Å². The Labute approximate surface area is 121 Å². The smallest absolute Gasteiger partial charge is 0.262 e. The predicted octanol–water partition coefficient (Wildman–Crippen LogP) is 2.22. The molecule has 5 nitrogen and oxygen atoms in total. The van der Waals surface area contributed by atoms with E-state index in [2.05, 4.69) is 17.2 Å². The van der Waals surface area contributed by atoms with Crippen molar-refractivity contribution in [3.05, 3.63) is 27.1 Å². The Kier molecular flexibility index (Phi) is 4.54. The van der Waals surface area contributed by atoms with E-state index < -0.39 is 0 Å². The average molecular weight is 293 g/mol. The summed E-state index contributed by atoms with van der Waals surface area (Å²) in [5.74, 6) is -0.108. The Morgan fingerprint density at radius 2 is 2.20 bits per heavy atom. The summed E-state index contributed by atoms with van der Waals surface area (Å²) in [6, 6.07) is 0. The van der Waals surface area contributed by atoms with Crippen molar-refractivity contribution < 1.29 is 4.79 Å². The minimum absolute atomic E-state index is 0.103. The van der Waals surface area contributed by atoms with Crippen LogP contribution in [0.4, 0.5) is 0 Å². The maximum absolute atomic E-state index is 12.2. The molecular weight excluding hydrogens is 274 g/mol. The number of carbonyl (C=O) groups excluding carboxylic acids is 1. The fourth-order valence-corrected chi connectivity index (χ4v) is 3.14. The van der Waals surface area contributed by atoms with Gasteiger partial charge in [-0.2, -0.15) is 0 Å². The van der Waals surface area contributed by atoms with Crippen molar-refractivity contribution >= 4 is 27.5 Å². The maximum atomic E-state index is 12.2. The minimum atomic E-state index is -0.108. The van der Waals surface area contributed by atoms with E-state index in [0.29, 0.717) is 21.6 Å². The second-order valence-electron chi connectivity index (χ2n) is 4.86. The summed E-state index contributed by atoms with van der Waals surface area (Å²) in [4.78, 5) is 29.7. The third kappa shape index (κ3) is 2.75. The molecule has 108 valence electrons. The van der Waals surface area contributed by atoms with Crippen LogP contribution in [0.25, 0.3) is 10.2 Å². The van der Waals surface area contributed by atoms with Gasteiger partial charge in [-0.25, -0.2) is 4.98 Å². The van der Waals surface area contributed by atoms with Gasteiger partial charge in [0.1, 0.15) is 4.83 Å². The number of aryl methyl sites for hydroxylation is 2. The van der Waals surface area contributed by atoms with Gasteiger partial charge in [-0.3, -0.25) is 9.59 Å². The first kappa shape index (κ1) is 14.7. The topological polar surface area (TPSA) is 64.0 Å². The Bertz CT molecular complexity index is 688. The van der Waals surface area contributed by atoms with Gasteiger partial charge in [-0.1, -0.05) is 19.8 Å². The zero-order chi connectivity index (χ0) is 14.7. The number of hydrogen-bond acceptors (Lipinski definition) is 4. The highest BCUT2D eigenvalue weighted by atomic mass is 32.1. The first-order valence-electron chi connectivity index (χ1n) is 6.79. The van der Waals surface area contributed by atoms with Crippen molar-refractivity contribution in [2.75, 3.05) is 6.54 Å². The van der Waals surface area contributed by atoms with Gasteiger partial charge in [0.15, 0.2) is 0 Å². The van der Waals surface area contributed by atoms with Crippen molar-refractivity contribution in [2.45, 2.75) is 33.1 Å². The van der Waals surface area contributed by atoms with Crippen LogP contribution in [0.1, 0.15) is 41.4 Å². The molecule has 0 unspecified atom stereocenters. The van der Waals surface area contributed by atoms with E-state index >= 15 is 0 Å². The molecule has 2 rings (SSSR count). The number of unbranched alkanes of at least 4 members (excludes halogenated alkanes) is 2. The Balaban J connectivity index is 2.27. The molecular formula is C14H19N3O2S. The van der Waals surface area contributed by atoms with E-state index in [1.54, 1.807) is 7.05 Å². The highest BCUT2D eigenvalue weighted by molar-refractivity contribution is 7.20. The summed E-state index contributed by atoms with van der Waals surface area (Å²) in [7, 11) is 1.66. The summed E-state index contributed by atoms with van der Waals surface area (Å²) in [6.07, 6.45) is 4.70. The van der Waals surface area contributed by atoms with Crippen LogP contribution in [0.2, 0.25) is 0 Å². The van der Waals surface area contributed by atoms with Crippen LogP contribution in [0.15, 0.2) is 11.1 Å². The molecule has 0 spiro atoms. The number of nitrogens with one attached hydrogen (secondary N) is 1. The first-order valence-corrected chi connectivity index (χ1v) is 7.60. The molecule has 0 radical (unpaired) electrons. The summed E-state index contributed by atoms with van der Waals surface area (Å²) in [5.41, 5.74) is 0.625. The molecule has 2 aromatic rings. The van der Waals surface area contributed by atoms with Crippen LogP contribution < -0.4 is 10.9 Å². The molecule has 0 fully saturated rings. The number of aromatic nitrogens is 2. The lowest BCUT2D eigenvalue weighted by atomic mass is 10.2. The van der Waals surface area contributed by atoms with Gasteiger partial charge in [0.25, 0.3) is 11.5 Å². The molecule has 0 saturated heterocycles. The lowest BCUT2D eigenvalue weighted by Crippen LogP contribution is -2.24. The van der Waals surface area contributed by atoms with Crippen LogP contribution in [-0.2, 0) is 7.05 Å². The molecule has 6 heteroatoms. The van der Waals surface area contributed by atoms with Crippen LogP contribution in [0, 0.1) is 6.92 Å². The molecule has 0 aliphatic carbocycles. The van der Waals surface area contributed by atoms with Crippen molar-refractivity contribution in [1.82, 2.24) is 14.9 Å². The SMILES string of the molecule is CCCCCNC(=O)c1sc2ncn(C)c(=O)c2c1C. The average Bonchev–Trinajstić information content (AvgIpc) is 2.77. The van der Waals surface area contributed by atoms with Crippen LogP contribution >= 0.6 is 11.3 Å². The lowest BCUT2D eigenvalue weighted by Gasteiger charge is -2.03. The van der Waals surface area contributed by atoms with Gasteiger partial charge < -0.3 is 9.88 Å². The summed E-state index contributed by atoms with van der Waals surface area (Å²) in [5, 5.41) is 3.46. The molecule has 1 N–H and O–H groups in total. The fourth-order valence-electron chi connectivity index (χ4n) is 2.08. The monoisotopic (exact) mass is 293 g/mol. The van der Waals surface area contributed by atoms with Gasteiger partial charge in [0.2, 0.25) is 0 Å². The van der Waals surface area contributed by atoms with Gasteiger partial charge >= 0.3 is 0 Å². The molecule has 0 aromatic carbocycles. The maximum Gasteiger partial charge on any atom is 0.262 e. The number of fused-ring (bicyclic) bond motifs is 1. The van der Waals surface area contributed by atoms with Gasteiger partial charge in [0, 0.05) is 13.6 Å². The highest BCUT2D eigenvalue weighted by Crippen LogP contribution is 2.26. The highest BCUT2D eigenvalue weighted by Gasteiger charge is 2.18. The fraction of sp³-hybridized carbons (Fsp3) is 0.500. The van der Waals surface area contributed by atoms with Crippen LogP contribution in [0.3, 0.4) is 0 Å². The van der Waals surface area contributed by atoms with Crippen molar-refractivity contribution in [1.29, 1.82) is 0 Å². The quantitative estimate of drug-likeness (QED) is 0.860.